The molecule has 0 atom stereocenters. The summed E-state index contributed by atoms with van der Waals surface area (Å²) in [6.45, 7) is 0. The fourth-order valence-corrected chi connectivity index (χ4v) is 8.93. The minimum atomic E-state index is 0.598. The lowest BCUT2D eigenvalue weighted by molar-refractivity contribution is 0.617. The highest BCUT2D eigenvalue weighted by molar-refractivity contribution is 6.10. The quantitative estimate of drug-likeness (QED) is 0.145. The largest absolute Gasteiger partial charge is 0.456 e. The monoisotopic (exact) mass is 832 g/mol. The molecular formula is C61H40N2O2. The highest BCUT2D eigenvalue weighted by atomic mass is 16.4. The molecule has 4 heteroatoms. The van der Waals surface area contributed by atoms with Gasteiger partial charge in [-0.3, -0.25) is 0 Å². The Hall–Kier alpha value is -8.73. The SMILES string of the molecule is c1ccc(-c2ccc(-c3ccc(N(c4ccc(-c5ccc6oc7cc8oc(-c9ccccc9)nc8cc7c6c5)cc4)c4cccc(-c5ccc(-c6ccccc6)cc5)c4)cc3)cc2)cc1. The number of anilines is 3. The number of fused-ring (bicyclic) bond motifs is 4. The number of hydrogen-bond donors (Lipinski definition) is 0. The average molecular weight is 833 g/mol. The van der Waals surface area contributed by atoms with Gasteiger partial charge < -0.3 is 13.7 Å². The molecule has 12 rings (SSSR count). The molecule has 0 saturated carbocycles. The number of rotatable bonds is 9. The Morgan fingerprint density at radius 3 is 1.22 bits per heavy atom. The number of oxazole rings is 1. The van der Waals surface area contributed by atoms with Gasteiger partial charge in [0.25, 0.3) is 0 Å². The lowest BCUT2D eigenvalue weighted by Gasteiger charge is -2.26. The van der Waals surface area contributed by atoms with Crippen molar-refractivity contribution in [1.82, 2.24) is 4.98 Å². The van der Waals surface area contributed by atoms with Gasteiger partial charge in [0.15, 0.2) is 5.58 Å². The lowest BCUT2D eigenvalue weighted by Crippen LogP contribution is -2.10. The maximum atomic E-state index is 6.35. The summed E-state index contributed by atoms with van der Waals surface area (Å²) >= 11 is 0. The number of furan rings is 1. The van der Waals surface area contributed by atoms with Crippen molar-refractivity contribution < 1.29 is 8.83 Å². The van der Waals surface area contributed by atoms with Gasteiger partial charge in [0.1, 0.15) is 16.7 Å². The Kier molecular flexibility index (Phi) is 9.46. The minimum Gasteiger partial charge on any atom is -0.456 e. The zero-order valence-electron chi connectivity index (χ0n) is 35.3. The van der Waals surface area contributed by atoms with Crippen molar-refractivity contribution in [2.75, 3.05) is 4.90 Å². The summed E-state index contributed by atoms with van der Waals surface area (Å²) in [6, 6.07) is 85.7. The van der Waals surface area contributed by atoms with E-state index in [1.165, 1.54) is 38.9 Å². The van der Waals surface area contributed by atoms with E-state index in [1.807, 2.05) is 36.4 Å². The van der Waals surface area contributed by atoms with Crippen molar-refractivity contribution in [3.8, 4) is 67.1 Å². The van der Waals surface area contributed by atoms with Crippen LogP contribution in [0.25, 0.3) is 100 Å². The van der Waals surface area contributed by atoms with Gasteiger partial charge in [-0.25, -0.2) is 4.98 Å². The van der Waals surface area contributed by atoms with Crippen LogP contribution in [0.3, 0.4) is 0 Å². The van der Waals surface area contributed by atoms with Crippen LogP contribution >= 0.6 is 0 Å². The number of hydrogen-bond acceptors (Lipinski definition) is 4. The van der Waals surface area contributed by atoms with Gasteiger partial charge in [-0.1, -0.05) is 170 Å². The van der Waals surface area contributed by atoms with E-state index in [4.69, 9.17) is 13.8 Å². The summed E-state index contributed by atoms with van der Waals surface area (Å²) in [6.07, 6.45) is 0. The summed E-state index contributed by atoms with van der Waals surface area (Å²) < 4.78 is 12.5. The van der Waals surface area contributed by atoms with E-state index in [-0.39, 0.29) is 0 Å². The molecule has 2 aromatic heterocycles. The Bertz CT molecular complexity index is 3600. The van der Waals surface area contributed by atoms with E-state index in [0.29, 0.717) is 11.5 Å². The van der Waals surface area contributed by atoms with Gasteiger partial charge in [0.05, 0.1) is 0 Å². The third-order valence-corrected chi connectivity index (χ3v) is 12.3. The van der Waals surface area contributed by atoms with E-state index < -0.39 is 0 Å². The predicted molar refractivity (Wildman–Crippen MR) is 269 cm³/mol. The standard InChI is InChI=1S/C61H40N2O2/c1-4-11-41(12-5-1)43-19-21-45(22-20-43)46-27-32-52(33-28-46)63(54-18-10-17-50(37-54)47-25-23-44(24-26-47)42-13-6-2-7-14-42)53-34-29-48(30-35-53)51-31-36-58-55(38-51)56-39-57-60(40-59(56)64-58)65-61(62-57)49-15-8-3-9-16-49/h1-40H. The molecule has 12 aromatic rings. The molecule has 0 unspecified atom stereocenters. The lowest BCUT2D eigenvalue weighted by atomic mass is 9.99. The third-order valence-electron chi connectivity index (χ3n) is 12.3. The molecule has 0 N–H and O–H groups in total. The minimum absolute atomic E-state index is 0.598. The average Bonchev–Trinajstić information content (AvgIpc) is 3.97. The van der Waals surface area contributed by atoms with Crippen LogP contribution < -0.4 is 4.90 Å². The molecule has 2 heterocycles. The summed E-state index contributed by atoms with van der Waals surface area (Å²) in [5.74, 6) is 0.598. The van der Waals surface area contributed by atoms with E-state index in [1.54, 1.807) is 0 Å². The van der Waals surface area contributed by atoms with E-state index in [0.717, 1.165) is 66.8 Å². The molecule has 0 bridgehead atoms. The molecule has 0 saturated heterocycles. The van der Waals surface area contributed by atoms with Crippen LogP contribution in [0.15, 0.2) is 251 Å². The predicted octanol–water partition coefficient (Wildman–Crippen LogP) is 17.2. The molecule has 0 amide bonds. The van der Waals surface area contributed by atoms with Crippen molar-refractivity contribution >= 4 is 50.1 Å². The Morgan fingerprint density at radius 1 is 0.262 bits per heavy atom. The zero-order valence-corrected chi connectivity index (χ0v) is 35.3. The van der Waals surface area contributed by atoms with Crippen LogP contribution in [0.1, 0.15) is 0 Å². The van der Waals surface area contributed by atoms with Crippen molar-refractivity contribution in [3.05, 3.63) is 243 Å². The molecule has 306 valence electrons. The molecular weight excluding hydrogens is 793 g/mol. The van der Waals surface area contributed by atoms with Crippen molar-refractivity contribution in [3.63, 3.8) is 0 Å². The number of aromatic nitrogens is 1. The Labute approximate surface area is 377 Å². The van der Waals surface area contributed by atoms with Crippen LogP contribution in [-0.4, -0.2) is 4.98 Å². The maximum Gasteiger partial charge on any atom is 0.227 e. The van der Waals surface area contributed by atoms with Gasteiger partial charge in [0, 0.05) is 39.5 Å². The maximum absolute atomic E-state index is 6.35. The normalized spacial score (nSPS) is 11.4. The molecule has 0 aliphatic heterocycles. The van der Waals surface area contributed by atoms with E-state index in [9.17, 15) is 0 Å². The Balaban J connectivity index is 0.889. The molecule has 10 aromatic carbocycles. The van der Waals surface area contributed by atoms with Crippen LogP contribution in [0.2, 0.25) is 0 Å². The fraction of sp³-hybridized carbons (Fsp3) is 0. The second-order valence-electron chi connectivity index (χ2n) is 16.4. The van der Waals surface area contributed by atoms with Crippen molar-refractivity contribution in [2.45, 2.75) is 0 Å². The molecule has 0 aliphatic carbocycles. The summed E-state index contributed by atoms with van der Waals surface area (Å²) in [5.41, 5.74) is 19.0. The van der Waals surface area contributed by atoms with Gasteiger partial charge in [-0.2, -0.15) is 0 Å². The van der Waals surface area contributed by atoms with Crippen molar-refractivity contribution in [1.29, 1.82) is 0 Å². The van der Waals surface area contributed by atoms with E-state index in [2.05, 4.69) is 211 Å². The topological polar surface area (TPSA) is 42.4 Å². The van der Waals surface area contributed by atoms with Gasteiger partial charge in [-0.15, -0.1) is 0 Å². The first-order valence-corrected chi connectivity index (χ1v) is 21.9. The molecule has 0 aliphatic rings. The Morgan fingerprint density at radius 2 is 0.677 bits per heavy atom. The van der Waals surface area contributed by atoms with Crippen LogP contribution in [0.5, 0.6) is 0 Å². The zero-order chi connectivity index (χ0) is 43.1. The van der Waals surface area contributed by atoms with E-state index >= 15 is 0 Å². The van der Waals surface area contributed by atoms with Crippen molar-refractivity contribution in [2.24, 2.45) is 0 Å². The summed E-state index contributed by atoms with van der Waals surface area (Å²) in [5, 5.41) is 2.05. The first-order chi connectivity index (χ1) is 32.2. The van der Waals surface area contributed by atoms with Crippen LogP contribution in [0.4, 0.5) is 17.1 Å². The fourth-order valence-electron chi connectivity index (χ4n) is 8.93. The summed E-state index contributed by atoms with van der Waals surface area (Å²) in [7, 11) is 0. The number of benzene rings is 10. The van der Waals surface area contributed by atoms with Gasteiger partial charge in [-0.05, 0) is 122 Å². The summed E-state index contributed by atoms with van der Waals surface area (Å²) in [4.78, 5) is 7.18. The second-order valence-corrected chi connectivity index (χ2v) is 16.4. The highest BCUT2D eigenvalue weighted by Crippen LogP contribution is 2.40. The molecule has 0 radical (unpaired) electrons. The smallest absolute Gasteiger partial charge is 0.227 e. The molecule has 65 heavy (non-hydrogen) atoms. The molecule has 0 spiro atoms. The van der Waals surface area contributed by atoms with Crippen LogP contribution in [0, 0.1) is 0 Å². The highest BCUT2D eigenvalue weighted by Gasteiger charge is 2.17. The van der Waals surface area contributed by atoms with Gasteiger partial charge in [0.2, 0.25) is 5.89 Å². The molecule has 4 nitrogen and oxygen atoms in total. The molecule has 0 fully saturated rings. The second kappa shape index (κ2) is 16.2. The van der Waals surface area contributed by atoms with Crippen LogP contribution in [-0.2, 0) is 0 Å². The third kappa shape index (κ3) is 7.33. The first kappa shape index (κ1) is 38.0. The van der Waals surface area contributed by atoms with Gasteiger partial charge >= 0.3 is 0 Å². The number of nitrogens with zero attached hydrogens (tertiary/aromatic N) is 2. The first-order valence-electron chi connectivity index (χ1n) is 21.9.